The Morgan fingerprint density at radius 3 is 1.16 bits per heavy atom. The van der Waals surface area contributed by atoms with Crippen molar-refractivity contribution in [3.63, 3.8) is 0 Å². The van der Waals surface area contributed by atoms with Crippen LogP contribution in [-0.4, -0.2) is 10.2 Å². The van der Waals surface area contributed by atoms with Gasteiger partial charge in [-0.25, -0.2) is 0 Å². The summed E-state index contributed by atoms with van der Waals surface area (Å²) in [6.07, 6.45) is 12.8. The number of aryl methyl sites for hydroxylation is 4. The van der Waals surface area contributed by atoms with Gasteiger partial charge >= 0.3 is 0 Å². The Hall–Kier alpha value is -1.61. The summed E-state index contributed by atoms with van der Waals surface area (Å²) >= 11 is 1.83. The van der Waals surface area contributed by atoms with Crippen molar-refractivity contribution in [1.29, 1.82) is 0 Å². The summed E-state index contributed by atoms with van der Waals surface area (Å²) in [5.41, 5.74) is 4.61. The minimum atomic E-state index is 0.449. The van der Waals surface area contributed by atoms with Crippen LogP contribution in [0.5, 0.6) is 11.5 Å². The Morgan fingerprint density at radius 1 is 0.516 bits per heavy atom. The van der Waals surface area contributed by atoms with Crippen LogP contribution in [0.4, 0.5) is 0 Å². The third-order valence-corrected chi connectivity index (χ3v) is 7.14. The second-order valence-corrected chi connectivity index (χ2v) is 9.78. The van der Waals surface area contributed by atoms with Crippen molar-refractivity contribution in [2.45, 2.75) is 115 Å². The Bertz CT molecular complexity index is 746. The normalized spacial score (nSPS) is 11.2. The first-order valence-electron chi connectivity index (χ1n) is 12.4. The second kappa shape index (κ2) is 13.7. The summed E-state index contributed by atoms with van der Waals surface area (Å²) < 4.78 is 0. The van der Waals surface area contributed by atoms with E-state index >= 15 is 0 Å². The lowest BCUT2D eigenvalue weighted by Gasteiger charge is -2.17. The molecule has 31 heavy (non-hydrogen) atoms. The van der Waals surface area contributed by atoms with Crippen molar-refractivity contribution in [1.82, 2.24) is 0 Å². The molecule has 0 fully saturated rings. The smallest absolute Gasteiger partial charge is 0.119 e. The first-order chi connectivity index (χ1) is 15.0. The molecule has 0 unspecified atom stereocenters. The number of phenols is 2. The molecule has 0 saturated heterocycles. The minimum absolute atomic E-state index is 0.449. The van der Waals surface area contributed by atoms with Crippen LogP contribution in [0.3, 0.4) is 0 Å². The van der Waals surface area contributed by atoms with Gasteiger partial charge in [0.25, 0.3) is 0 Å². The molecule has 0 spiro atoms. The van der Waals surface area contributed by atoms with Gasteiger partial charge in [0.1, 0.15) is 11.5 Å². The minimum Gasteiger partial charge on any atom is -0.508 e. The van der Waals surface area contributed by atoms with Gasteiger partial charge in [-0.15, -0.1) is 0 Å². The summed E-state index contributed by atoms with van der Waals surface area (Å²) in [6.45, 7) is 8.81. The maximum atomic E-state index is 10.6. The quantitative estimate of drug-likeness (QED) is 0.307. The molecule has 0 aliphatic rings. The number of benzene rings is 2. The molecule has 0 bridgehead atoms. The number of aromatic hydroxyl groups is 2. The summed E-state index contributed by atoms with van der Waals surface area (Å²) in [5.74, 6) is 0.897. The predicted octanol–water partition coefficient (Wildman–Crippen LogP) is 8.62. The van der Waals surface area contributed by atoms with E-state index in [0.29, 0.717) is 11.5 Å². The van der Waals surface area contributed by atoms with Gasteiger partial charge in [-0.3, -0.25) is 0 Å². The fourth-order valence-electron chi connectivity index (χ4n) is 3.88. The third-order valence-electron chi connectivity index (χ3n) is 5.94. The molecule has 0 radical (unpaired) electrons. The van der Waals surface area contributed by atoms with Gasteiger partial charge in [0.05, 0.1) is 0 Å². The highest BCUT2D eigenvalue weighted by atomic mass is 32.2. The van der Waals surface area contributed by atoms with E-state index in [0.717, 1.165) is 88.2 Å². The van der Waals surface area contributed by atoms with Gasteiger partial charge in [0.15, 0.2) is 0 Å². The van der Waals surface area contributed by atoms with Gasteiger partial charge in [0, 0.05) is 9.79 Å². The van der Waals surface area contributed by atoms with Crippen molar-refractivity contribution < 1.29 is 10.2 Å². The Labute approximate surface area is 194 Å². The molecule has 0 aliphatic carbocycles. The van der Waals surface area contributed by atoms with E-state index in [-0.39, 0.29) is 0 Å². The number of unbranched alkanes of at least 4 members (excludes halogenated alkanes) is 4. The van der Waals surface area contributed by atoms with E-state index in [9.17, 15) is 10.2 Å². The van der Waals surface area contributed by atoms with E-state index in [1.165, 1.54) is 20.9 Å². The number of phenolic OH excluding ortho intramolecular Hbond substituents is 2. The SMILES string of the molecule is CCCCc1cc(Sc2cc(CCCC)c(O)cc2CCCC)c(CCCC)cc1O. The molecular formula is C28H42O2S. The van der Waals surface area contributed by atoms with E-state index in [2.05, 4.69) is 39.8 Å². The molecule has 172 valence electrons. The highest BCUT2D eigenvalue weighted by molar-refractivity contribution is 7.99. The van der Waals surface area contributed by atoms with Crippen LogP contribution in [0.25, 0.3) is 0 Å². The monoisotopic (exact) mass is 442 g/mol. The molecule has 2 aromatic carbocycles. The molecule has 0 amide bonds. The lowest BCUT2D eigenvalue weighted by Crippen LogP contribution is -1.97. The van der Waals surface area contributed by atoms with Crippen LogP contribution in [0.1, 0.15) is 101 Å². The van der Waals surface area contributed by atoms with Crippen LogP contribution < -0.4 is 0 Å². The Kier molecular flexibility index (Phi) is 11.4. The number of hydrogen-bond acceptors (Lipinski definition) is 3. The first-order valence-corrected chi connectivity index (χ1v) is 13.2. The molecule has 0 atom stereocenters. The van der Waals surface area contributed by atoms with Crippen LogP contribution in [-0.2, 0) is 25.7 Å². The fourth-order valence-corrected chi connectivity index (χ4v) is 5.10. The Balaban J connectivity index is 2.46. The van der Waals surface area contributed by atoms with Gasteiger partial charge in [-0.1, -0.05) is 65.1 Å². The van der Waals surface area contributed by atoms with Gasteiger partial charge < -0.3 is 10.2 Å². The van der Waals surface area contributed by atoms with Gasteiger partial charge in [0.2, 0.25) is 0 Å². The molecule has 2 aromatic rings. The average molecular weight is 443 g/mol. The Morgan fingerprint density at radius 2 is 0.839 bits per heavy atom. The predicted molar refractivity (Wildman–Crippen MR) is 135 cm³/mol. The average Bonchev–Trinajstić information content (AvgIpc) is 2.76. The van der Waals surface area contributed by atoms with E-state index < -0.39 is 0 Å². The molecule has 0 aromatic heterocycles. The van der Waals surface area contributed by atoms with Crippen LogP contribution >= 0.6 is 11.8 Å². The van der Waals surface area contributed by atoms with Crippen molar-refractivity contribution >= 4 is 11.8 Å². The molecule has 2 N–H and O–H groups in total. The number of rotatable bonds is 14. The molecule has 2 rings (SSSR count). The third kappa shape index (κ3) is 7.79. The maximum absolute atomic E-state index is 10.6. The summed E-state index contributed by atoms with van der Waals surface area (Å²) in [6, 6.07) is 8.46. The molecular weight excluding hydrogens is 400 g/mol. The lowest BCUT2D eigenvalue weighted by atomic mass is 10.0. The second-order valence-electron chi connectivity index (χ2n) is 8.69. The number of hydrogen-bond donors (Lipinski definition) is 2. The van der Waals surface area contributed by atoms with Crippen molar-refractivity contribution in [2.75, 3.05) is 0 Å². The summed E-state index contributed by atoms with van der Waals surface area (Å²) in [5, 5.41) is 21.2. The summed E-state index contributed by atoms with van der Waals surface area (Å²) in [7, 11) is 0. The zero-order valence-electron chi connectivity index (χ0n) is 20.1. The van der Waals surface area contributed by atoms with E-state index in [4.69, 9.17) is 0 Å². The first kappa shape index (κ1) is 25.6. The zero-order chi connectivity index (χ0) is 22.6. The van der Waals surface area contributed by atoms with E-state index in [1.54, 1.807) is 0 Å². The maximum Gasteiger partial charge on any atom is 0.119 e. The molecule has 2 nitrogen and oxygen atoms in total. The standard InChI is InChI=1S/C28H42O2S/c1-5-9-13-21-19-27(23(15-11-7-3)17-25(21)29)31-28-20-22(14-10-6-2)26(30)18-24(28)16-12-8-4/h17-20,29-30H,5-16H2,1-4H3. The topological polar surface area (TPSA) is 40.5 Å². The van der Waals surface area contributed by atoms with Crippen LogP contribution in [0.2, 0.25) is 0 Å². The molecule has 0 saturated carbocycles. The van der Waals surface area contributed by atoms with Gasteiger partial charge in [-0.05, 0) is 97.9 Å². The highest BCUT2D eigenvalue weighted by Gasteiger charge is 2.15. The van der Waals surface area contributed by atoms with E-state index in [1.807, 2.05) is 23.9 Å². The molecule has 0 heterocycles. The van der Waals surface area contributed by atoms with Crippen LogP contribution in [0.15, 0.2) is 34.1 Å². The lowest BCUT2D eigenvalue weighted by molar-refractivity contribution is 0.465. The van der Waals surface area contributed by atoms with Gasteiger partial charge in [-0.2, -0.15) is 0 Å². The van der Waals surface area contributed by atoms with Crippen molar-refractivity contribution in [3.05, 3.63) is 46.5 Å². The molecule has 3 heteroatoms. The summed E-state index contributed by atoms with van der Waals surface area (Å²) in [4.78, 5) is 2.53. The molecule has 0 aliphatic heterocycles. The highest BCUT2D eigenvalue weighted by Crippen LogP contribution is 2.40. The fraction of sp³-hybridized carbons (Fsp3) is 0.571. The largest absolute Gasteiger partial charge is 0.508 e. The van der Waals surface area contributed by atoms with Crippen molar-refractivity contribution in [3.8, 4) is 11.5 Å². The zero-order valence-corrected chi connectivity index (χ0v) is 20.9. The van der Waals surface area contributed by atoms with Crippen molar-refractivity contribution in [2.24, 2.45) is 0 Å². The van der Waals surface area contributed by atoms with Crippen LogP contribution in [0, 0.1) is 0 Å².